The Labute approximate surface area is 67.3 Å². The highest BCUT2D eigenvalue weighted by atomic mass is 32.1. The lowest BCUT2D eigenvalue weighted by Gasteiger charge is -1.94. The number of hydrogen-bond acceptors (Lipinski definition) is 1. The van der Waals surface area contributed by atoms with Gasteiger partial charge in [0.15, 0.2) is 0 Å². The quantitative estimate of drug-likeness (QED) is 0.490. The summed E-state index contributed by atoms with van der Waals surface area (Å²) < 4.78 is 0. The lowest BCUT2D eigenvalue weighted by molar-refractivity contribution is 0.789. The molecule has 0 unspecified atom stereocenters. The summed E-state index contributed by atoms with van der Waals surface area (Å²) in [6, 6.07) is 4.16. The largest absolute Gasteiger partial charge is 0.365 e. The molecule has 0 aliphatic carbocycles. The summed E-state index contributed by atoms with van der Waals surface area (Å²) in [6.07, 6.45) is 5.58. The van der Waals surface area contributed by atoms with Crippen molar-refractivity contribution in [2.24, 2.45) is 0 Å². The van der Waals surface area contributed by atoms with Gasteiger partial charge in [0.05, 0.1) is 0 Å². The minimum Gasteiger partial charge on any atom is -0.365 e. The van der Waals surface area contributed by atoms with Gasteiger partial charge in [-0.05, 0) is 37.1 Å². The van der Waals surface area contributed by atoms with E-state index in [1.807, 2.05) is 12.3 Å². The molecule has 1 nitrogen and oxygen atoms in total. The Bertz CT molecular complexity index is 158. The van der Waals surface area contributed by atoms with Gasteiger partial charge in [-0.25, -0.2) is 0 Å². The first-order chi connectivity index (χ1) is 4.93. The topological polar surface area (TPSA) is 15.8 Å². The first kappa shape index (κ1) is 7.73. The van der Waals surface area contributed by atoms with Crippen molar-refractivity contribution < 1.29 is 0 Å². The third kappa shape index (κ3) is 2.48. The molecule has 1 aromatic rings. The number of aryl methyl sites for hydroxylation is 1. The van der Waals surface area contributed by atoms with E-state index in [0.29, 0.717) is 0 Å². The molecule has 0 fully saturated rings. The number of aromatic nitrogens is 1. The summed E-state index contributed by atoms with van der Waals surface area (Å²) in [7, 11) is 0. The van der Waals surface area contributed by atoms with Crippen LogP contribution in [-0.4, -0.2) is 10.7 Å². The molecule has 0 bridgehead atoms. The molecule has 1 heterocycles. The number of H-pyrrole nitrogens is 1. The molecule has 0 spiro atoms. The lowest BCUT2D eigenvalue weighted by Crippen LogP contribution is -1.85. The second-order valence-electron chi connectivity index (χ2n) is 2.38. The van der Waals surface area contributed by atoms with Crippen LogP contribution in [0.1, 0.15) is 18.5 Å². The smallest absolute Gasteiger partial charge is 0.0147 e. The van der Waals surface area contributed by atoms with Crippen molar-refractivity contribution in [1.29, 1.82) is 0 Å². The lowest BCUT2D eigenvalue weighted by atomic mass is 10.2. The van der Waals surface area contributed by atoms with Crippen LogP contribution in [0.25, 0.3) is 0 Å². The first-order valence-electron chi connectivity index (χ1n) is 3.66. The van der Waals surface area contributed by atoms with E-state index in [1.54, 1.807) is 0 Å². The van der Waals surface area contributed by atoms with E-state index in [-0.39, 0.29) is 0 Å². The predicted octanol–water partition coefficient (Wildman–Crippen LogP) is 2.27. The molecule has 1 rings (SSSR count). The summed E-state index contributed by atoms with van der Waals surface area (Å²) in [6.45, 7) is 0. The Hall–Kier alpha value is -0.370. The van der Waals surface area contributed by atoms with E-state index in [9.17, 15) is 0 Å². The highest BCUT2D eigenvalue weighted by molar-refractivity contribution is 7.80. The Balaban J connectivity index is 2.15. The maximum Gasteiger partial charge on any atom is 0.0147 e. The number of hydrogen-bond donors (Lipinski definition) is 2. The van der Waals surface area contributed by atoms with Gasteiger partial charge in [0.25, 0.3) is 0 Å². The van der Waals surface area contributed by atoms with E-state index in [0.717, 1.165) is 12.2 Å². The average Bonchev–Trinajstić information content (AvgIpc) is 2.41. The van der Waals surface area contributed by atoms with Crippen LogP contribution in [0.4, 0.5) is 0 Å². The standard InChI is InChI=1S/C8H13NS/c10-7-2-1-4-8-5-3-6-9-8/h3,5-6,9-10H,1-2,4,7H2. The molecular formula is C8H13NS. The molecule has 1 aromatic heterocycles. The molecule has 56 valence electrons. The fourth-order valence-electron chi connectivity index (χ4n) is 0.950. The molecule has 10 heavy (non-hydrogen) atoms. The molecule has 0 saturated carbocycles. The van der Waals surface area contributed by atoms with Crippen LogP contribution in [-0.2, 0) is 6.42 Å². The molecule has 0 aliphatic heterocycles. The third-order valence-electron chi connectivity index (χ3n) is 1.52. The van der Waals surface area contributed by atoms with Crippen LogP contribution in [0, 0.1) is 0 Å². The molecule has 0 aliphatic rings. The van der Waals surface area contributed by atoms with Crippen molar-refractivity contribution >= 4 is 12.6 Å². The van der Waals surface area contributed by atoms with Crippen molar-refractivity contribution in [3.8, 4) is 0 Å². The summed E-state index contributed by atoms with van der Waals surface area (Å²) in [5.41, 5.74) is 1.33. The minimum absolute atomic E-state index is 1.00. The maximum absolute atomic E-state index is 4.14. The van der Waals surface area contributed by atoms with Gasteiger partial charge in [0.2, 0.25) is 0 Å². The number of thiol groups is 1. The molecule has 0 amide bonds. The van der Waals surface area contributed by atoms with Gasteiger partial charge in [0, 0.05) is 11.9 Å². The maximum atomic E-state index is 4.14. The molecule has 2 heteroatoms. The van der Waals surface area contributed by atoms with E-state index in [1.165, 1.54) is 18.5 Å². The Morgan fingerprint density at radius 3 is 2.90 bits per heavy atom. The van der Waals surface area contributed by atoms with E-state index in [4.69, 9.17) is 0 Å². The van der Waals surface area contributed by atoms with Crippen molar-refractivity contribution in [2.45, 2.75) is 19.3 Å². The van der Waals surface area contributed by atoms with E-state index >= 15 is 0 Å². The van der Waals surface area contributed by atoms with Crippen molar-refractivity contribution in [3.63, 3.8) is 0 Å². The minimum atomic E-state index is 1.00. The number of rotatable bonds is 4. The zero-order chi connectivity index (χ0) is 7.23. The van der Waals surface area contributed by atoms with Crippen LogP contribution in [0.15, 0.2) is 18.3 Å². The van der Waals surface area contributed by atoms with Gasteiger partial charge in [-0.15, -0.1) is 0 Å². The number of nitrogens with one attached hydrogen (secondary N) is 1. The van der Waals surface area contributed by atoms with Crippen molar-refractivity contribution in [2.75, 3.05) is 5.75 Å². The SMILES string of the molecule is SCCCCc1ccc[nH]1. The van der Waals surface area contributed by atoms with Gasteiger partial charge >= 0.3 is 0 Å². The molecule has 0 saturated heterocycles. The Kier molecular flexibility index (Phi) is 3.44. The Morgan fingerprint density at radius 1 is 1.40 bits per heavy atom. The summed E-state index contributed by atoms with van der Waals surface area (Å²) >= 11 is 4.14. The molecule has 0 aromatic carbocycles. The highest BCUT2D eigenvalue weighted by Crippen LogP contribution is 2.01. The number of unbranched alkanes of at least 4 members (excludes halogenated alkanes) is 1. The van der Waals surface area contributed by atoms with Crippen molar-refractivity contribution in [1.82, 2.24) is 4.98 Å². The van der Waals surface area contributed by atoms with Crippen LogP contribution in [0.2, 0.25) is 0 Å². The monoisotopic (exact) mass is 155 g/mol. The zero-order valence-corrected chi connectivity index (χ0v) is 6.90. The van der Waals surface area contributed by atoms with Gasteiger partial charge < -0.3 is 4.98 Å². The highest BCUT2D eigenvalue weighted by Gasteiger charge is 1.90. The predicted molar refractivity (Wildman–Crippen MR) is 47.6 cm³/mol. The van der Waals surface area contributed by atoms with Crippen molar-refractivity contribution in [3.05, 3.63) is 24.0 Å². The average molecular weight is 155 g/mol. The Morgan fingerprint density at radius 2 is 2.30 bits per heavy atom. The molecular weight excluding hydrogens is 142 g/mol. The van der Waals surface area contributed by atoms with E-state index < -0.39 is 0 Å². The van der Waals surface area contributed by atoms with Crippen LogP contribution < -0.4 is 0 Å². The fourth-order valence-corrected chi connectivity index (χ4v) is 1.17. The third-order valence-corrected chi connectivity index (χ3v) is 1.83. The normalized spacial score (nSPS) is 10.1. The van der Waals surface area contributed by atoms with Gasteiger partial charge in [0.1, 0.15) is 0 Å². The fraction of sp³-hybridized carbons (Fsp3) is 0.500. The van der Waals surface area contributed by atoms with Gasteiger partial charge in [-0.2, -0.15) is 12.6 Å². The van der Waals surface area contributed by atoms with Gasteiger partial charge in [-0.1, -0.05) is 0 Å². The summed E-state index contributed by atoms with van der Waals surface area (Å²) in [5.74, 6) is 1.00. The summed E-state index contributed by atoms with van der Waals surface area (Å²) in [4.78, 5) is 3.17. The van der Waals surface area contributed by atoms with E-state index in [2.05, 4.69) is 23.7 Å². The zero-order valence-electron chi connectivity index (χ0n) is 6.01. The number of aromatic amines is 1. The van der Waals surface area contributed by atoms with Crippen LogP contribution >= 0.6 is 12.6 Å². The molecule has 0 radical (unpaired) electrons. The second kappa shape index (κ2) is 4.45. The molecule has 0 atom stereocenters. The van der Waals surface area contributed by atoms with Crippen LogP contribution in [0.5, 0.6) is 0 Å². The second-order valence-corrected chi connectivity index (χ2v) is 2.82. The summed E-state index contributed by atoms with van der Waals surface area (Å²) in [5, 5.41) is 0. The molecule has 1 N–H and O–H groups in total. The van der Waals surface area contributed by atoms with Gasteiger partial charge in [-0.3, -0.25) is 0 Å². The van der Waals surface area contributed by atoms with Crippen LogP contribution in [0.3, 0.4) is 0 Å². The first-order valence-corrected chi connectivity index (χ1v) is 4.30.